The molecule has 0 aliphatic heterocycles. The molecule has 0 unspecified atom stereocenters. The quantitative estimate of drug-likeness (QED) is 0.199. The van der Waals surface area contributed by atoms with Crippen LogP contribution < -0.4 is 0 Å². The Labute approximate surface area is 259 Å². The van der Waals surface area contributed by atoms with Crippen molar-refractivity contribution in [3.8, 4) is 40.1 Å². The van der Waals surface area contributed by atoms with Crippen LogP contribution in [-0.2, 0) is 0 Å². The van der Waals surface area contributed by atoms with E-state index in [4.69, 9.17) is 0 Å². The molecule has 0 atom stereocenters. The molecule has 45 heavy (non-hydrogen) atoms. The molecular formula is C42H23N3. The zero-order chi connectivity index (χ0) is 30.1. The van der Waals surface area contributed by atoms with E-state index in [1.807, 2.05) is 36.4 Å². The van der Waals surface area contributed by atoms with Gasteiger partial charge < -0.3 is 4.57 Å². The first-order valence-corrected chi connectivity index (χ1v) is 15.0. The SMILES string of the molecule is N#Cc1ccc(-c2ccc(-c3ccc4c5c3ccc3c(C#N)ccc(c35)n4-c3ccccc3)c3ccccc23)c2ccccc12. The van der Waals surface area contributed by atoms with Crippen molar-refractivity contribution in [3.63, 3.8) is 0 Å². The Balaban J connectivity index is 1.35. The molecule has 3 heteroatoms. The molecule has 0 aliphatic carbocycles. The van der Waals surface area contributed by atoms with Crippen LogP contribution in [0.2, 0.25) is 0 Å². The van der Waals surface area contributed by atoms with Crippen molar-refractivity contribution in [3.05, 3.63) is 151 Å². The van der Waals surface area contributed by atoms with Gasteiger partial charge in [-0.15, -0.1) is 0 Å². The van der Waals surface area contributed by atoms with Crippen LogP contribution in [-0.4, -0.2) is 4.57 Å². The van der Waals surface area contributed by atoms with Crippen molar-refractivity contribution in [2.75, 3.05) is 0 Å². The molecule has 0 bridgehead atoms. The van der Waals surface area contributed by atoms with Crippen LogP contribution in [0, 0.1) is 22.7 Å². The summed E-state index contributed by atoms with van der Waals surface area (Å²) in [7, 11) is 0. The first-order chi connectivity index (χ1) is 22.3. The smallest absolute Gasteiger partial charge is 0.0998 e. The van der Waals surface area contributed by atoms with Crippen LogP contribution in [0.15, 0.2) is 140 Å². The number of hydrogen-bond acceptors (Lipinski definition) is 2. The van der Waals surface area contributed by atoms with Crippen molar-refractivity contribution in [2.45, 2.75) is 0 Å². The minimum Gasteiger partial charge on any atom is -0.309 e. The maximum absolute atomic E-state index is 9.99. The maximum atomic E-state index is 9.99. The van der Waals surface area contributed by atoms with Crippen molar-refractivity contribution >= 4 is 54.1 Å². The molecule has 9 aromatic rings. The summed E-state index contributed by atoms with van der Waals surface area (Å²) in [6.07, 6.45) is 0. The maximum Gasteiger partial charge on any atom is 0.0998 e. The molecule has 1 aromatic heterocycles. The number of hydrogen-bond donors (Lipinski definition) is 0. The molecule has 0 radical (unpaired) electrons. The van der Waals surface area contributed by atoms with Crippen LogP contribution in [0.4, 0.5) is 0 Å². The molecule has 9 rings (SSSR count). The number of para-hydroxylation sites is 1. The third-order valence-corrected chi connectivity index (χ3v) is 9.28. The Hall–Kier alpha value is -6.42. The fourth-order valence-electron chi connectivity index (χ4n) is 7.34. The molecule has 1 heterocycles. The summed E-state index contributed by atoms with van der Waals surface area (Å²) in [5.41, 5.74) is 9.26. The van der Waals surface area contributed by atoms with E-state index in [9.17, 15) is 10.5 Å². The molecule has 0 N–H and O–H groups in total. The Kier molecular flexibility index (Phi) is 5.33. The van der Waals surface area contributed by atoms with Gasteiger partial charge in [-0.1, -0.05) is 103 Å². The van der Waals surface area contributed by atoms with E-state index in [1.54, 1.807) is 0 Å². The van der Waals surface area contributed by atoms with Gasteiger partial charge >= 0.3 is 0 Å². The molecule has 0 aliphatic rings. The summed E-state index contributed by atoms with van der Waals surface area (Å²) in [6, 6.07) is 53.2. The van der Waals surface area contributed by atoms with E-state index in [0.717, 1.165) is 71.3 Å². The topological polar surface area (TPSA) is 52.5 Å². The van der Waals surface area contributed by atoms with Gasteiger partial charge in [0.1, 0.15) is 0 Å². The van der Waals surface area contributed by atoms with Crippen LogP contribution in [0.5, 0.6) is 0 Å². The van der Waals surface area contributed by atoms with Crippen LogP contribution in [0.3, 0.4) is 0 Å². The van der Waals surface area contributed by atoms with Crippen LogP contribution in [0.1, 0.15) is 11.1 Å². The molecular weight excluding hydrogens is 546 g/mol. The lowest BCUT2D eigenvalue weighted by molar-refractivity contribution is 1.18. The normalized spacial score (nSPS) is 11.5. The van der Waals surface area contributed by atoms with E-state index in [-0.39, 0.29) is 0 Å². The van der Waals surface area contributed by atoms with Crippen molar-refractivity contribution in [1.29, 1.82) is 10.5 Å². The Morgan fingerprint density at radius 1 is 0.356 bits per heavy atom. The molecule has 0 saturated carbocycles. The summed E-state index contributed by atoms with van der Waals surface area (Å²) >= 11 is 0. The van der Waals surface area contributed by atoms with Gasteiger partial charge in [-0.25, -0.2) is 0 Å². The molecule has 3 nitrogen and oxygen atoms in total. The average molecular weight is 570 g/mol. The lowest BCUT2D eigenvalue weighted by atomic mass is 9.87. The summed E-state index contributed by atoms with van der Waals surface area (Å²) in [4.78, 5) is 0. The third-order valence-electron chi connectivity index (χ3n) is 9.28. The highest BCUT2D eigenvalue weighted by Gasteiger charge is 2.21. The lowest BCUT2D eigenvalue weighted by Gasteiger charge is -2.16. The summed E-state index contributed by atoms with van der Waals surface area (Å²) < 4.78 is 2.31. The minimum atomic E-state index is 0.683. The standard InChI is InChI=1S/C42H23N3/c43-24-26-14-16-34(31-11-5-4-10-29(26)31)35-18-19-36(33-13-7-6-12-32(33)35)37-21-23-40-42-38(37)20-17-30-27(25-44)15-22-39(41(30)42)45(40)28-8-2-1-3-9-28/h1-23H. The highest BCUT2D eigenvalue weighted by Crippen LogP contribution is 2.45. The number of benzene rings is 8. The highest BCUT2D eigenvalue weighted by atomic mass is 15.0. The summed E-state index contributed by atoms with van der Waals surface area (Å²) in [5.74, 6) is 0. The van der Waals surface area contributed by atoms with Gasteiger partial charge in [-0.05, 0) is 80.2 Å². The van der Waals surface area contributed by atoms with E-state index in [0.29, 0.717) is 11.1 Å². The van der Waals surface area contributed by atoms with Gasteiger partial charge in [0.05, 0.1) is 34.3 Å². The zero-order valence-corrected chi connectivity index (χ0v) is 24.1. The second kappa shape index (κ2) is 9.55. The average Bonchev–Trinajstić information content (AvgIpc) is 3.45. The van der Waals surface area contributed by atoms with E-state index in [2.05, 4.69) is 120 Å². The monoisotopic (exact) mass is 569 g/mol. The lowest BCUT2D eigenvalue weighted by Crippen LogP contribution is -1.93. The van der Waals surface area contributed by atoms with Crippen LogP contribution >= 0.6 is 0 Å². The molecule has 0 saturated heterocycles. The molecule has 0 spiro atoms. The van der Waals surface area contributed by atoms with Gasteiger partial charge in [0.2, 0.25) is 0 Å². The van der Waals surface area contributed by atoms with Crippen molar-refractivity contribution in [2.24, 2.45) is 0 Å². The Morgan fingerprint density at radius 2 is 0.778 bits per heavy atom. The molecule has 0 amide bonds. The fourth-order valence-corrected chi connectivity index (χ4v) is 7.34. The van der Waals surface area contributed by atoms with Crippen molar-refractivity contribution in [1.82, 2.24) is 4.57 Å². The Morgan fingerprint density at radius 3 is 1.42 bits per heavy atom. The minimum absolute atomic E-state index is 0.683. The second-order valence-corrected chi connectivity index (χ2v) is 11.5. The number of nitrogens with zero attached hydrogens (tertiary/aromatic N) is 3. The summed E-state index contributed by atoms with van der Waals surface area (Å²) in [5, 5.41) is 28.5. The first kappa shape index (κ1) is 25.1. The second-order valence-electron chi connectivity index (χ2n) is 11.5. The molecule has 8 aromatic carbocycles. The first-order valence-electron chi connectivity index (χ1n) is 15.0. The van der Waals surface area contributed by atoms with Crippen molar-refractivity contribution < 1.29 is 0 Å². The van der Waals surface area contributed by atoms with Crippen LogP contribution in [0.25, 0.3) is 82.1 Å². The summed E-state index contributed by atoms with van der Waals surface area (Å²) in [6.45, 7) is 0. The van der Waals surface area contributed by atoms with Gasteiger partial charge in [0, 0.05) is 27.2 Å². The van der Waals surface area contributed by atoms with Gasteiger partial charge in [0.25, 0.3) is 0 Å². The number of fused-ring (bicyclic) bond motifs is 2. The van der Waals surface area contributed by atoms with Gasteiger partial charge in [-0.2, -0.15) is 10.5 Å². The predicted octanol–water partition coefficient (Wildman–Crippen LogP) is 10.8. The zero-order valence-electron chi connectivity index (χ0n) is 24.1. The number of rotatable bonds is 3. The number of nitriles is 2. The molecule has 0 fully saturated rings. The predicted molar refractivity (Wildman–Crippen MR) is 185 cm³/mol. The van der Waals surface area contributed by atoms with Gasteiger partial charge in [-0.3, -0.25) is 0 Å². The number of aromatic nitrogens is 1. The fraction of sp³-hybridized carbons (Fsp3) is 0. The van der Waals surface area contributed by atoms with E-state index in [1.165, 1.54) is 10.8 Å². The largest absolute Gasteiger partial charge is 0.309 e. The molecule has 206 valence electrons. The van der Waals surface area contributed by atoms with E-state index < -0.39 is 0 Å². The highest BCUT2D eigenvalue weighted by molar-refractivity contribution is 6.28. The third kappa shape index (κ3) is 3.50. The van der Waals surface area contributed by atoms with E-state index >= 15 is 0 Å². The Bertz CT molecular complexity index is 2720. The van der Waals surface area contributed by atoms with Gasteiger partial charge in [0.15, 0.2) is 0 Å².